The third-order valence-electron chi connectivity index (χ3n) is 8.09. The molecule has 2 N–H and O–H groups in total. The van der Waals surface area contributed by atoms with Gasteiger partial charge in [0.05, 0.1) is 0 Å². The molecule has 0 bridgehead atoms. The molecule has 4 aliphatic rings. The molecule has 0 saturated carbocycles. The van der Waals surface area contributed by atoms with Crippen LogP contribution in [0.4, 0.5) is 0 Å². The van der Waals surface area contributed by atoms with Crippen LogP contribution in [-0.4, -0.2) is 56.4 Å². The molecule has 2 aliphatic carbocycles. The third-order valence-corrected chi connectivity index (χ3v) is 10.1. The summed E-state index contributed by atoms with van der Waals surface area (Å²) in [5, 5.41) is 23.6. The Bertz CT molecular complexity index is 990. The summed E-state index contributed by atoms with van der Waals surface area (Å²) in [6.07, 6.45) is 8.92. The molecule has 182 valence electrons. The highest BCUT2D eigenvalue weighted by Crippen LogP contribution is 2.49. The van der Waals surface area contributed by atoms with Crippen LogP contribution < -0.4 is 0 Å². The maximum absolute atomic E-state index is 11.8. The molecular weight excluding hydrogens is 460 g/mol. The number of phenolic OH excluding ortho intramolecular Hbond substituents is 2. The van der Waals surface area contributed by atoms with Crippen LogP contribution >= 0.6 is 23.5 Å². The Morgan fingerprint density at radius 3 is 1.50 bits per heavy atom. The van der Waals surface area contributed by atoms with Crippen LogP contribution in [0.5, 0.6) is 11.5 Å². The van der Waals surface area contributed by atoms with Crippen molar-refractivity contribution >= 4 is 23.5 Å². The normalized spacial score (nSPS) is 21.1. The van der Waals surface area contributed by atoms with Gasteiger partial charge in [-0.3, -0.25) is 9.80 Å². The first kappa shape index (κ1) is 23.1. The average Bonchev–Trinajstić information content (AvgIpc) is 3.56. The molecule has 6 rings (SSSR count). The number of phenols is 2. The summed E-state index contributed by atoms with van der Waals surface area (Å²) < 4.78 is 0. The van der Waals surface area contributed by atoms with E-state index in [1.54, 1.807) is 0 Å². The van der Waals surface area contributed by atoms with E-state index in [0.29, 0.717) is 11.5 Å². The first-order chi connectivity index (χ1) is 16.7. The number of thioether (sulfide) groups is 2. The molecule has 0 radical (unpaired) electrons. The maximum Gasteiger partial charge on any atom is 0.128 e. The summed E-state index contributed by atoms with van der Waals surface area (Å²) in [7, 11) is 0. The molecule has 0 atom stereocenters. The van der Waals surface area contributed by atoms with Crippen LogP contribution in [0.3, 0.4) is 0 Å². The van der Waals surface area contributed by atoms with Gasteiger partial charge in [-0.1, -0.05) is 12.1 Å². The van der Waals surface area contributed by atoms with Crippen molar-refractivity contribution in [3.05, 3.63) is 45.5 Å². The zero-order valence-electron chi connectivity index (χ0n) is 20.1. The molecule has 2 heterocycles. The van der Waals surface area contributed by atoms with E-state index >= 15 is 0 Å². The summed E-state index contributed by atoms with van der Waals surface area (Å²) in [5.41, 5.74) is 9.39. The van der Waals surface area contributed by atoms with E-state index in [-0.39, 0.29) is 0 Å². The van der Waals surface area contributed by atoms with Crippen molar-refractivity contribution in [1.82, 2.24) is 9.80 Å². The molecule has 6 heteroatoms. The fraction of sp³-hybridized carbons (Fsp3) is 0.571. The van der Waals surface area contributed by atoms with Gasteiger partial charge < -0.3 is 10.2 Å². The van der Waals surface area contributed by atoms with E-state index in [9.17, 15) is 10.2 Å². The number of aromatic hydroxyl groups is 2. The standard InChI is InChI=1S/C28H36N2O2S2/c31-27-21(15-29-9-11-33-17-29)13-19-5-1-3-7-23(19)25(27)26-24-8-4-2-6-20(24)14-22(28(26)32)16-30-10-12-34-18-30/h13-14,31-32H,1-12,15-18H2. The van der Waals surface area contributed by atoms with Gasteiger partial charge in [0.15, 0.2) is 0 Å². The summed E-state index contributed by atoms with van der Waals surface area (Å²) in [4.78, 5) is 4.88. The summed E-state index contributed by atoms with van der Waals surface area (Å²) in [6.45, 7) is 3.76. The van der Waals surface area contributed by atoms with Crippen molar-refractivity contribution in [3.8, 4) is 22.6 Å². The van der Waals surface area contributed by atoms with Crippen LogP contribution in [0.25, 0.3) is 11.1 Å². The smallest absolute Gasteiger partial charge is 0.128 e. The van der Waals surface area contributed by atoms with Gasteiger partial charge >= 0.3 is 0 Å². The molecule has 2 fully saturated rings. The first-order valence-corrected chi connectivity index (χ1v) is 15.3. The molecule has 0 aromatic heterocycles. The van der Waals surface area contributed by atoms with E-state index < -0.39 is 0 Å². The lowest BCUT2D eigenvalue weighted by molar-refractivity contribution is 0.339. The SMILES string of the molecule is Oc1c(CN2CCSC2)cc2c(c1-c1c(O)c(CN3CCSC3)cc3c1CCCC3)CCCC2. The lowest BCUT2D eigenvalue weighted by Crippen LogP contribution is -2.20. The number of aryl methyl sites for hydroxylation is 2. The second-order valence-electron chi connectivity index (χ2n) is 10.4. The van der Waals surface area contributed by atoms with Crippen LogP contribution in [0.2, 0.25) is 0 Å². The third kappa shape index (κ3) is 4.36. The minimum Gasteiger partial charge on any atom is -0.507 e. The van der Waals surface area contributed by atoms with E-state index in [1.165, 1.54) is 46.6 Å². The number of hydrogen-bond acceptors (Lipinski definition) is 6. The van der Waals surface area contributed by atoms with E-state index in [4.69, 9.17) is 0 Å². The molecule has 4 nitrogen and oxygen atoms in total. The highest BCUT2D eigenvalue weighted by molar-refractivity contribution is 7.99. The topological polar surface area (TPSA) is 46.9 Å². The van der Waals surface area contributed by atoms with Crippen molar-refractivity contribution in [3.63, 3.8) is 0 Å². The van der Waals surface area contributed by atoms with Crippen molar-refractivity contribution in [2.45, 2.75) is 64.5 Å². The molecule has 34 heavy (non-hydrogen) atoms. The van der Waals surface area contributed by atoms with Crippen LogP contribution in [0.15, 0.2) is 12.1 Å². The first-order valence-electron chi connectivity index (χ1n) is 13.0. The Morgan fingerprint density at radius 1 is 0.647 bits per heavy atom. The van der Waals surface area contributed by atoms with Gasteiger partial charge in [0.1, 0.15) is 11.5 Å². The number of hydrogen-bond donors (Lipinski definition) is 2. The molecule has 0 spiro atoms. The fourth-order valence-corrected chi connectivity index (χ4v) is 8.32. The van der Waals surface area contributed by atoms with Crippen LogP contribution in [0, 0.1) is 0 Å². The van der Waals surface area contributed by atoms with E-state index in [0.717, 1.165) is 98.7 Å². The minimum atomic E-state index is 0.425. The zero-order chi connectivity index (χ0) is 23.1. The molecule has 0 unspecified atom stereocenters. The molecule has 2 saturated heterocycles. The van der Waals surface area contributed by atoms with Crippen LogP contribution in [0.1, 0.15) is 59.1 Å². The van der Waals surface area contributed by atoms with Gasteiger partial charge in [0.25, 0.3) is 0 Å². The molecule has 2 aromatic carbocycles. The van der Waals surface area contributed by atoms with Crippen molar-refractivity contribution < 1.29 is 10.2 Å². The largest absolute Gasteiger partial charge is 0.507 e. The lowest BCUT2D eigenvalue weighted by atomic mass is 9.78. The lowest BCUT2D eigenvalue weighted by Gasteiger charge is -2.29. The number of rotatable bonds is 5. The van der Waals surface area contributed by atoms with E-state index in [1.807, 2.05) is 23.5 Å². The average molecular weight is 497 g/mol. The second kappa shape index (κ2) is 9.96. The van der Waals surface area contributed by atoms with Gasteiger partial charge in [-0.25, -0.2) is 0 Å². The van der Waals surface area contributed by atoms with Crippen molar-refractivity contribution in [2.75, 3.05) is 36.3 Å². The van der Waals surface area contributed by atoms with Gasteiger partial charge in [-0.15, -0.1) is 23.5 Å². The molecule has 2 aliphatic heterocycles. The van der Waals surface area contributed by atoms with Gasteiger partial charge in [0, 0.05) is 71.7 Å². The van der Waals surface area contributed by atoms with Gasteiger partial charge in [-0.05, 0) is 73.6 Å². The Balaban J connectivity index is 1.52. The number of benzene rings is 2. The number of nitrogens with zero attached hydrogens (tertiary/aromatic N) is 2. The quantitative estimate of drug-likeness (QED) is 0.567. The highest BCUT2D eigenvalue weighted by atomic mass is 32.2. The van der Waals surface area contributed by atoms with Gasteiger partial charge in [-0.2, -0.15) is 0 Å². The Labute approximate surface area is 212 Å². The summed E-state index contributed by atoms with van der Waals surface area (Å²) in [5.74, 6) is 5.27. The predicted molar refractivity (Wildman–Crippen MR) is 144 cm³/mol. The fourth-order valence-electron chi connectivity index (χ4n) is 6.33. The monoisotopic (exact) mass is 496 g/mol. The number of fused-ring (bicyclic) bond motifs is 2. The van der Waals surface area contributed by atoms with Crippen LogP contribution in [-0.2, 0) is 38.8 Å². The Morgan fingerprint density at radius 2 is 1.09 bits per heavy atom. The van der Waals surface area contributed by atoms with Gasteiger partial charge in [0.2, 0.25) is 0 Å². The summed E-state index contributed by atoms with van der Waals surface area (Å²) in [6, 6.07) is 4.57. The molecule has 2 aromatic rings. The minimum absolute atomic E-state index is 0.425. The molecular formula is C28H36N2O2S2. The van der Waals surface area contributed by atoms with Crippen molar-refractivity contribution in [1.29, 1.82) is 0 Å². The Hall–Kier alpha value is -1.34. The zero-order valence-corrected chi connectivity index (χ0v) is 21.7. The molecule has 0 amide bonds. The predicted octanol–water partition coefficient (Wildman–Crippen LogP) is 5.54. The summed E-state index contributed by atoms with van der Waals surface area (Å²) >= 11 is 3.95. The van der Waals surface area contributed by atoms with E-state index in [2.05, 4.69) is 21.9 Å². The highest BCUT2D eigenvalue weighted by Gasteiger charge is 2.29. The Kier molecular flexibility index (Phi) is 6.76. The second-order valence-corrected chi connectivity index (χ2v) is 12.5. The van der Waals surface area contributed by atoms with Crippen molar-refractivity contribution in [2.24, 2.45) is 0 Å². The maximum atomic E-state index is 11.8.